The van der Waals surface area contributed by atoms with Crippen LogP contribution in [0, 0.1) is 0 Å². The highest BCUT2D eigenvalue weighted by Gasteiger charge is 2.50. The van der Waals surface area contributed by atoms with E-state index in [1.165, 1.54) is 0 Å². The molecule has 8 N–H and O–H groups in total. The van der Waals surface area contributed by atoms with Gasteiger partial charge in [-0.2, -0.15) is 0 Å². The molecule has 3 rings (SSSR count). The number of aliphatic hydroxyl groups excluding tert-OH is 8. The SMILES string of the molecule is OCc1cn(CCOCCOCCO[C@@H]2O[C@H](CO)[C@@H](O[C@@H]3O[C@H](O)[C@H](O)[C@H](O)[C@H]3O)[C@H](O)[C@H]2O)nn1. The minimum absolute atomic E-state index is 0.0261. The van der Waals surface area contributed by atoms with Crippen molar-refractivity contribution in [2.75, 3.05) is 39.6 Å². The normalized spacial score (nSPS) is 36.6. The minimum Gasteiger partial charge on any atom is -0.394 e. The molecule has 37 heavy (non-hydrogen) atoms. The zero-order chi connectivity index (χ0) is 26.9. The van der Waals surface area contributed by atoms with Gasteiger partial charge in [-0.15, -0.1) is 5.10 Å². The minimum atomic E-state index is -1.88. The van der Waals surface area contributed by atoms with Gasteiger partial charge in [0.1, 0.15) is 48.4 Å². The zero-order valence-corrected chi connectivity index (χ0v) is 19.9. The van der Waals surface area contributed by atoms with Gasteiger partial charge in [0, 0.05) is 0 Å². The first-order valence-electron chi connectivity index (χ1n) is 11.7. The maximum atomic E-state index is 10.5. The van der Waals surface area contributed by atoms with Crippen molar-refractivity contribution in [3.05, 3.63) is 11.9 Å². The molecule has 2 aliphatic heterocycles. The van der Waals surface area contributed by atoms with Crippen LogP contribution < -0.4 is 0 Å². The molecule has 0 amide bonds. The molecule has 0 unspecified atom stereocenters. The van der Waals surface area contributed by atoms with Gasteiger partial charge < -0.3 is 69.3 Å². The molecule has 2 fully saturated rings. The van der Waals surface area contributed by atoms with E-state index in [9.17, 15) is 35.7 Å². The highest BCUT2D eigenvalue weighted by Crippen LogP contribution is 2.29. The maximum absolute atomic E-state index is 10.5. The lowest BCUT2D eigenvalue weighted by molar-refractivity contribution is -0.378. The smallest absolute Gasteiger partial charge is 0.189 e. The molecule has 2 saturated heterocycles. The summed E-state index contributed by atoms with van der Waals surface area (Å²) in [5.41, 5.74) is 0.466. The van der Waals surface area contributed by atoms with E-state index in [0.29, 0.717) is 25.5 Å². The standard InChI is InChI=1S/C20H35N3O14/c24-8-10-7-23(22-21-10)1-2-32-3-4-33-5-6-34-19-16(30)13(27)17(11(9-25)35-19)36-20-15(29)12(26)14(28)18(31)37-20/h7,11-20,24-31H,1-6,8-9H2/t11-,12+,13-,14-,15-,16-,17-,18+,19-,20-/m1/s1. The van der Waals surface area contributed by atoms with Gasteiger partial charge in [0.2, 0.25) is 0 Å². The fraction of sp³-hybridized carbons (Fsp3) is 0.900. The lowest BCUT2D eigenvalue weighted by atomic mass is 9.98. The van der Waals surface area contributed by atoms with Crippen LogP contribution in [0.25, 0.3) is 0 Å². The average Bonchev–Trinajstić information content (AvgIpc) is 3.36. The second-order valence-corrected chi connectivity index (χ2v) is 8.40. The zero-order valence-electron chi connectivity index (χ0n) is 19.9. The Labute approximate surface area is 211 Å². The molecule has 17 nitrogen and oxygen atoms in total. The van der Waals surface area contributed by atoms with Gasteiger partial charge in [-0.25, -0.2) is 4.68 Å². The molecule has 0 spiro atoms. The van der Waals surface area contributed by atoms with Gasteiger partial charge >= 0.3 is 0 Å². The first kappa shape index (κ1) is 30.1. The Morgan fingerprint density at radius 2 is 1.46 bits per heavy atom. The van der Waals surface area contributed by atoms with Crippen LogP contribution in [0.3, 0.4) is 0 Å². The third kappa shape index (κ3) is 8.04. The molecule has 0 aliphatic carbocycles. The summed E-state index contributed by atoms with van der Waals surface area (Å²) in [7, 11) is 0. The molecular weight excluding hydrogens is 506 g/mol. The summed E-state index contributed by atoms with van der Waals surface area (Å²) in [5.74, 6) is 0. The maximum Gasteiger partial charge on any atom is 0.189 e. The fourth-order valence-corrected chi connectivity index (χ4v) is 3.68. The van der Waals surface area contributed by atoms with Crippen molar-refractivity contribution in [2.45, 2.75) is 74.7 Å². The number of aliphatic hydroxyl groups is 8. The fourth-order valence-electron chi connectivity index (χ4n) is 3.68. The summed E-state index contributed by atoms with van der Waals surface area (Å²) < 4.78 is 33.5. The topological polar surface area (TPSA) is 248 Å². The summed E-state index contributed by atoms with van der Waals surface area (Å²) >= 11 is 0. The van der Waals surface area contributed by atoms with Crippen LogP contribution in [0.1, 0.15) is 5.69 Å². The van der Waals surface area contributed by atoms with Gasteiger partial charge in [0.05, 0.1) is 59.0 Å². The van der Waals surface area contributed by atoms with E-state index < -0.39 is 68.2 Å². The lowest BCUT2D eigenvalue weighted by Crippen LogP contribution is -2.64. The Balaban J connectivity index is 1.34. The number of hydrogen-bond acceptors (Lipinski definition) is 16. The molecule has 10 atom stereocenters. The summed E-state index contributed by atoms with van der Waals surface area (Å²) in [6.45, 7) is 0.598. The summed E-state index contributed by atoms with van der Waals surface area (Å²) in [4.78, 5) is 0. The van der Waals surface area contributed by atoms with Gasteiger partial charge in [0.25, 0.3) is 0 Å². The third-order valence-corrected chi connectivity index (χ3v) is 5.75. The number of ether oxygens (including phenoxy) is 6. The first-order chi connectivity index (χ1) is 17.8. The van der Waals surface area contributed by atoms with Crippen LogP contribution >= 0.6 is 0 Å². The van der Waals surface area contributed by atoms with Crippen LogP contribution in [0.5, 0.6) is 0 Å². The van der Waals surface area contributed by atoms with Gasteiger partial charge in [-0.05, 0) is 0 Å². The first-order valence-corrected chi connectivity index (χ1v) is 11.7. The molecule has 0 aromatic carbocycles. The Kier molecular flexibility index (Phi) is 11.9. The second kappa shape index (κ2) is 14.7. The van der Waals surface area contributed by atoms with Crippen molar-refractivity contribution in [1.29, 1.82) is 0 Å². The van der Waals surface area contributed by atoms with E-state index in [-0.39, 0.29) is 26.4 Å². The monoisotopic (exact) mass is 541 g/mol. The number of nitrogens with zero attached hydrogens (tertiary/aromatic N) is 3. The number of aromatic nitrogens is 3. The summed E-state index contributed by atoms with van der Waals surface area (Å²) in [5, 5.41) is 86.1. The van der Waals surface area contributed by atoms with Crippen molar-refractivity contribution in [2.24, 2.45) is 0 Å². The van der Waals surface area contributed by atoms with Crippen molar-refractivity contribution >= 4 is 0 Å². The van der Waals surface area contributed by atoms with Crippen LogP contribution in [-0.4, -0.2) is 157 Å². The predicted octanol–water partition coefficient (Wildman–Crippen LogP) is -5.60. The predicted molar refractivity (Wildman–Crippen MR) is 115 cm³/mol. The van der Waals surface area contributed by atoms with E-state index >= 15 is 0 Å². The third-order valence-electron chi connectivity index (χ3n) is 5.75. The van der Waals surface area contributed by atoms with Gasteiger partial charge in [0.15, 0.2) is 18.9 Å². The molecule has 1 aromatic rings. The van der Waals surface area contributed by atoms with Crippen molar-refractivity contribution in [3.8, 4) is 0 Å². The Morgan fingerprint density at radius 3 is 2.14 bits per heavy atom. The van der Waals surface area contributed by atoms with Gasteiger partial charge in [-0.1, -0.05) is 5.21 Å². The van der Waals surface area contributed by atoms with Crippen molar-refractivity contribution in [1.82, 2.24) is 15.0 Å². The number of hydrogen-bond donors (Lipinski definition) is 8. The quantitative estimate of drug-likeness (QED) is 0.102. The van der Waals surface area contributed by atoms with Crippen LogP contribution in [0.15, 0.2) is 6.20 Å². The second-order valence-electron chi connectivity index (χ2n) is 8.40. The summed E-state index contributed by atoms with van der Waals surface area (Å²) in [6.07, 6.45) is -14.6. The molecule has 0 bridgehead atoms. The van der Waals surface area contributed by atoms with E-state index in [1.54, 1.807) is 10.9 Å². The van der Waals surface area contributed by atoms with Gasteiger partial charge in [-0.3, -0.25) is 0 Å². The molecule has 214 valence electrons. The van der Waals surface area contributed by atoms with Crippen molar-refractivity contribution < 1.29 is 69.3 Å². The molecule has 1 aromatic heterocycles. The Hall–Kier alpha value is -1.42. The largest absolute Gasteiger partial charge is 0.394 e. The summed E-state index contributed by atoms with van der Waals surface area (Å²) in [6, 6.07) is 0. The Morgan fingerprint density at radius 1 is 0.784 bits per heavy atom. The molecule has 17 heteroatoms. The molecular formula is C20H35N3O14. The van der Waals surface area contributed by atoms with E-state index in [4.69, 9.17) is 33.5 Å². The highest BCUT2D eigenvalue weighted by atomic mass is 16.8. The molecule has 0 saturated carbocycles. The van der Waals surface area contributed by atoms with Crippen LogP contribution in [0.4, 0.5) is 0 Å². The van der Waals surface area contributed by atoms with E-state index in [2.05, 4.69) is 10.3 Å². The molecule has 0 radical (unpaired) electrons. The average molecular weight is 542 g/mol. The van der Waals surface area contributed by atoms with Crippen LogP contribution in [-0.2, 0) is 41.6 Å². The van der Waals surface area contributed by atoms with Crippen molar-refractivity contribution in [3.63, 3.8) is 0 Å². The van der Waals surface area contributed by atoms with E-state index in [1.807, 2.05) is 0 Å². The number of rotatable bonds is 14. The van der Waals surface area contributed by atoms with Crippen LogP contribution in [0.2, 0.25) is 0 Å². The Bertz CT molecular complexity index is 787. The molecule has 2 aliphatic rings. The van der Waals surface area contributed by atoms with E-state index in [0.717, 1.165) is 0 Å². The molecule has 3 heterocycles. The lowest BCUT2D eigenvalue weighted by Gasteiger charge is -2.45. The highest BCUT2D eigenvalue weighted by molar-refractivity contribution is 4.93.